The molecule has 0 radical (unpaired) electrons. The van der Waals surface area contributed by atoms with E-state index < -0.39 is 5.97 Å². The van der Waals surface area contributed by atoms with Crippen molar-refractivity contribution in [1.29, 1.82) is 0 Å². The third-order valence-electron chi connectivity index (χ3n) is 3.62. The van der Waals surface area contributed by atoms with Crippen LogP contribution < -0.4 is 15.6 Å². The number of halogens is 2. The number of nitrogens with one attached hydrogen (secondary N) is 1. The minimum Gasteiger partial charge on any atom is -0.492 e. The van der Waals surface area contributed by atoms with Crippen LogP contribution in [-0.4, -0.2) is 35.5 Å². The Kier molecular flexibility index (Phi) is 7.94. The van der Waals surface area contributed by atoms with E-state index in [1.54, 1.807) is 19.1 Å². The lowest BCUT2D eigenvalue weighted by Crippen LogP contribution is -2.23. The lowest BCUT2D eigenvalue weighted by atomic mass is 10.2. The number of esters is 1. The van der Waals surface area contributed by atoms with Crippen LogP contribution in [0.3, 0.4) is 0 Å². The van der Waals surface area contributed by atoms with Gasteiger partial charge in [-0.1, -0.05) is 23.2 Å². The van der Waals surface area contributed by atoms with E-state index in [9.17, 15) is 9.59 Å². The van der Waals surface area contributed by atoms with E-state index in [2.05, 4.69) is 10.4 Å². The van der Waals surface area contributed by atoms with E-state index in [4.69, 9.17) is 32.7 Å². The molecular weight excluding hydrogens is 393 g/mol. The molecule has 1 heterocycles. The molecule has 0 spiro atoms. The Morgan fingerprint density at radius 3 is 2.74 bits per heavy atom. The third-order valence-corrected chi connectivity index (χ3v) is 4.28. The number of benzene rings is 1. The molecule has 0 aliphatic heterocycles. The van der Waals surface area contributed by atoms with Crippen LogP contribution in [0.25, 0.3) is 0 Å². The molecule has 0 saturated heterocycles. The lowest BCUT2D eigenvalue weighted by molar-refractivity contribution is 0.0526. The Hall–Kier alpha value is -2.25. The minimum atomic E-state index is -0.425. The number of hydrogen-bond donors (Lipinski definition) is 1. The fourth-order valence-electron chi connectivity index (χ4n) is 2.25. The van der Waals surface area contributed by atoms with Crippen molar-refractivity contribution in [3.8, 4) is 5.75 Å². The predicted molar refractivity (Wildman–Crippen MR) is 105 cm³/mol. The van der Waals surface area contributed by atoms with Crippen LogP contribution in [-0.2, 0) is 11.3 Å². The number of aromatic nitrogens is 2. The summed E-state index contributed by atoms with van der Waals surface area (Å²) < 4.78 is 11.8. The zero-order valence-electron chi connectivity index (χ0n) is 15.1. The molecule has 9 heteroatoms. The normalized spacial score (nSPS) is 10.5. The van der Waals surface area contributed by atoms with Crippen LogP contribution in [0.2, 0.25) is 10.0 Å². The first-order valence-electron chi connectivity index (χ1n) is 8.56. The van der Waals surface area contributed by atoms with Crippen molar-refractivity contribution < 1.29 is 14.3 Å². The molecule has 0 amide bonds. The van der Waals surface area contributed by atoms with Gasteiger partial charge in [0.15, 0.2) is 0 Å². The zero-order valence-corrected chi connectivity index (χ0v) is 16.6. The van der Waals surface area contributed by atoms with E-state index in [0.717, 1.165) is 0 Å². The maximum atomic E-state index is 11.9. The van der Waals surface area contributed by atoms with Crippen LogP contribution in [0, 0.1) is 0 Å². The van der Waals surface area contributed by atoms with Gasteiger partial charge in [-0.3, -0.25) is 4.79 Å². The summed E-state index contributed by atoms with van der Waals surface area (Å²) in [6.45, 7) is 5.25. The van der Waals surface area contributed by atoms with Crippen molar-refractivity contribution in [2.45, 2.75) is 26.8 Å². The first kappa shape index (κ1) is 21.1. The maximum absolute atomic E-state index is 11.9. The standard InChI is InChI=1S/C18H21Cl2N3O4/c1-3-23-17(24)16(20)14(11-22-23)21-8-5-9-27-15-7-6-12(10-13(15)19)18(25)26-4-2/h6-7,10-11,21H,3-5,8-9H2,1-2H3. The van der Waals surface area contributed by atoms with Gasteiger partial charge in [-0.2, -0.15) is 5.10 Å². The van der Waals surface area contributed by atoms with Crippen molar-refractivity contribution in [3.63, 3.8) is 0 Å². The number of rotatable bonds is 9. The molecule has 0 fully saturated rings. The predicted octanol–water partition coefficient (Wildman–Crippen LogP) is 3.63. The van der Waals surface area contributed by atoms with Gasteiger partial charge in [0.2, 0.25) is 0 Å². The van der Waals surface area contributed by atoms with Crippen molar-refractivity contribution >= 4 is 34.9 Å². The molecule has 0 aliphatic carbocycles. The van der Waals surface area contributed by atoms with E-state index in [1.807, 2.05) is 6.92 Å². The number of carbonyl (C=O) groups excluding carboxylic acids is 1. The molecule has 0 aliphatic rings. The van der Waals surface area contributed by atoms with Gasteiger partial charge in [0.05, 0.1) is 35.7 Å². The van der Waals surface area contributed by atoms with Crippen molar-refractivity contribution in [2.24, 2.45) is 0 Å². The largest absolute Gasteiger partial charge is 0.492 e. The van der Waals surface area contributed by atoms with Gasteiger partial charge in [-0.25, -0.2) is 9.48 Å². The highest BCUT2D eigenvalue weighted by Crippen LogP contribution is 2.26. The molecule has 1 N–H and O–H groups in total. The van der Waals surface area contributed by atoms with Crippen LogP contribution in [0.1, 0.15) is 30.6 Å². The van der Waals surface area contributed by atoms with E-state index >= 15 is 0 Å². The average molecular weight is 414 g/mol. The number of ether oxygens (including phenoxy) is 2. The summed E-state index contributed by atoms with van der Waals surface area (Å²) in [7, 11) is 0. The molecule has 7 nitrogen and oxygen atoms in total. The Morgan fingerprint density at radius 2 is 2.07 bits per heavy atom. The van der Waals surface area contributed by atoms with Crippen LogP contribution in [0.5, 0.6) is 5.75 Å². The van der Waals surface area contributed by atoms with E-state index in [0.29, 0.717) is 54.7 Å². The molecule has 0 atom stereocenters. The second-order valence-corrected chi connectivity index (χ2v) is 6.27. The number of hydrogen-bond acceptors (Lipinski definition) is 6. The van der Waals surface area contributed by atoms with Crippen LogP contribution in [0.15, 0.2) is 29.2 Å². The van der Waals surface area contributed by atoms with Gasteiger partial charge in [0.25, 0.3) is 5.56 Å². The molecule has 1 aromatic heterocycles. The summed E-state index contributed by atoms with van der Waals surface area (Å²) >= 11 is 12.2. The molecule has 2 rings (SSSR count). The second-order valence-electron chi connectivity index (χ2n) is 5.49. The van der Waals surface area contributed by atoms with Gasteiger partial charge in [0, 0.05) is 13.1 Å². The Labute approximate surface area is 167 Å². The minimum absolute atomic E-state index is 0.116. The SMILES string of the molecule is CCOC(=O)c1ccc(OCCCNc2cnn(CC)c(=O)c2Cl)c(Cl)c1. The molecule has 27 heavy (non-hydrogen) atoms. The number of nitrogens with zero attached hydrogens (tertiary/aromatic N) is 2. The van der Waals surface area contributed by atoms with Gasteiger partial charge < -0.3 is 14.8 Å². The lowest BCUT2D eigenvalue weighted by Gasteiger charge is -2.11. The fourth-order valence-corrected chi connectivity index (χ4v) is 2.70. The first-order valence-corrected chi connectivity index (χ1v) is 9.32. The van der Waals surface area contributed by atoms with Crippen molar-refractivity contribution in [3.05, 3.63) is 50.4 Å². The molecule has 2 aromatic rings. The number of aryl methyl sites for hydroxylation is 1. The first-order chi connectivity index (χ1) is 13.0. The Morgan fingerprint density at radius 1 is 1.30 bits per heavy atom. The van der Waals surface area contributed by atoms with Crippen LogP contribution in [0.4, 0.5) is 5.69 Å². The molecule has 0 unspecified atom stereocenters. The highest BCUT2D eigenvalue weighted by Gasteiger charge is 2.11. The van der Waals surface area contributed by atoms with Crippen LogP contribution >= 0.6 is 23.2 Å². The maximum Gasteiger partial charge on any atom is 0.338 e. The molecule has 146 valence electrons. The van der Waals surface area contributed by atoms with E-state index in [-0.39, 0.29) is 10.6 Å². The van der Waals surface area contributed by atoms with Gasteiger partial charge in [-0.15, -0.1) is 0 Å². The van der Waals surface area contributed by atoms with Crippen molar-refractivity contribution in [1.82, 2.24) is 9.78 Å². The summed E-state index contributed by atoms with van der Waals surface area (Å²) in [5.41, 5.74) is 0.539. The summed E-state index contributed by atoms with van der Waals surface area (Å²) in [4.78, 5) is 23.6. The third kappa shape index (κ3) is 5.61. The highest BCUT2D eigenvalue weighted by molar-refractivity contribution is 6.33. The monoisotopic (exact) mass is 413 g/mol. The topological polar surface area (TPSA) is 82.4 Å². The smallest absolute Gasteiger partial charge is 0.338 e. The quantitative estimate of drug-likeness (QED) is 0.499. The fraction of sp³-hybridized carbons (Fsp3) is 0.389. The van der Waals surface area contributed by atoms with Crippen molar-refractivity contribution in [2.75, 3.05) is 25.1 Å². The molecule has 0 bridgehead atoms. The summed E-state index contributed by atoms with van der Waals surface area (Å²) in [6.07, 6.45) is 2.17. The summed E-state index contributed by atoms with van der Waals surface area (Å²) in [5.74, 6) is 0.0561. The van der Waals surface area contributed by atoms with E-state index in [1.165, 1.54) is 16.9 Å². The zero-order chi connectivity index (χ0) is 19.8. The van der Waals surface area contributed by atoms with Gasteiger partial charge >= 0.3 is 5.97 Å². The van der Waals surface area contributed by atoms with Gasteiger partial charge in [-0.05, 0) is 38.5 Å². The Balaban J connectivity index is 1.83. The highest BCUT2D eigenvalue weighted by atomic mass is 35.5. The van der Waals surface area contributed by atoms with Gasteiger partial charge in [0.1, 0.15) is 10.8 Å². The molecule has 1 aromatic carbocycles. The summed E-state index contributed by atoms with van der Waals surface area (Å²) in [6, 6.07) is 4.75. The molecular formula is C18H21Cl2N3O4. The summed E-state index contributed by atoms with van der Waals surface area (Å²) in [5, 5.41) is 7.54. The number of carbonyl (C=O) groups is 1. The Bertz CT molecular complexity index is 855. The molecule has 0 saturated carbocycles. The average Bonchev–Trinajstić information content (AvgIpc) is 2.66. The second kappa shape index (κ2) is 10.2. The number of anilines is 1.